The van der Waals surface area contributed by atoms with Crippen LogP contribution in [-0.2, 0) is 0 Å². The molecule has 14 aromatic rings. The van der Waals surface area contributed by atoms with E-state index in [4.69, 9.17) is 23.8 Å². The van der Waals surface area contributed by atoms with E-state index in [1.165, 1.54) is 32.3 Å². The molecule has 0 atom stereocenters. The fraction of sp³-hybridized carbons (Fsp3) is 0. The highest BCUT2D eigenvalue weighted by Gasteiger charge is 2.23. The fourth-order valence-corrected chi connectivity index (χ4v) is 9.83. The number of hydrogen-bond donors (Lipinski definition) is 0. The minimum absolute atomic E-state index is 0.535. The van der Waals surface area contributed by atoms with Crippen LogP contribution in [0.1, 0.15) is 0 Å². The topological polar surface area (TPSA) is 69.9 Å². The molecule has 4 heterocycles. The highest BCUT2D eigenvalue weighted by Crippen LogP contribution is 2.44. The van der Waals surface area contributed by atoms with E-state index in [1.807, 2.05) is 36.4 Å². The summed E-state index contributed by atoms with van der Waals surface area (Å²) in [6, 6.07) is 68.1. The Morgan fingerprint density at radius 1 is 0.302 bits per heavy atom. The Morgan fingerprint density at radius 3 is 1.63 bits per heavy atom. The smallest absolute Gasteiger partial charge is 0.164 e. The van der Waals surface area contributed by atoms with Crippen LogP contribution in [0.4, 0.5) is 0 Å². The summed E-state index contributed by atoms with van der Waals surface area (Å²) in [5, 5.41) is 13.6. The lowest BCUT2D eigenvalue weighted by Gasteiger charge is -2.14. The Morgan fingerprint density at radius 2 is 0.841 bits per heavy atom. The van der Waals surface area contributed by atoms with Crippen LogP contribution >= 0.6 is 0 Å². The molecule has 0 radical (unpaired) electrons. The molecule has 292 valence electrons. The highest BCUT2D eigenvalue weighted by molar-refractivity contribution is 6.24. The lowest BCUT2D eigenvalue weighted by molar-refractivity contribution is 0.668. The molecule has 6 nitrogen and oxygen atoms in total. The first kappa shape index (κ1) is 34.1. The van der Waals surface area contributed by atoms with Gasteiger partial charge in [0.2, 0.25) is 0 Å². The van der Waals surface area contributed by atoms with Crippen molar-refractivity contribution in [2.24, 2.45) is 0 Å². The molecule has 0 unspecified atom stereocenters. The first-order valence-electron chi connectivity index (χ1n) is 21.2. The minimum atomic E-state index is 0.535. The zero-order valence-corrected chi connectivity index (χ0v) is 33.6. The first-order chi connectivity index (χ1) is 31.2. The number of para-hydroxylation sites is 2. The first-order valence-corrected chi connectivity index (χ1v) is 21.2. The maximum absolute atomic E-state index is 6.78. The molecule has 10 aromatic carbocycles. The standard InChI is InChI=1S/C57H32N4O2/c1-2-13-35-27-38(22-21-33(35)11-1)55-58-56(39-23-25-43-42-17-7-9-19-49(42)62-51(43)31-39)60-57(59-55)40-30-48(54-44-18-8-10-20-50(44)63-52(54)32-40)61-46-26-24-34-12-5-6-16-41(34)53(46)45-28-36-14-3-4-15-37(36)29-47(45)61/h1-32H. The number of fused-ring (bicyclic) bond motifs is 13. The van der Waals surface area contributed by atoms with Crippen LogP contribution in [0, 0.1) is 0 Å². The van der Waals surface area contributed by atoms with Gasteiger partial charge in [-0.3, -0.25) is 0 Å². The van der Waals surface area contributed by atoms with Crippen molar-refractivity contribution in [2.75, 3.05) is 0 Å². The van der Waals surface area contributed by atoms with E-state index in [0.29, 0.717) is 17.5 Å². The maximum atomic E-state index is 6.78. The largest absolute Gasteiger partial charge is 0.456 e. The molecule has 63 heavy (non-hydrogen) atoms. The maximum Gasteiger partial charge on any atom is 0.164 e. The van der Waals surface area contributed by atoms with E-state index in [1.54, 1.807) is 0 Å². The van der Waals surface area contributed by atoms with E-state index in [0.717, 1.165) is 88.1 Å². The Balaban J connectivity index is 1.08. The third-order valence-corrected chi connectivity index (χ3v) is 12.8. The monoisotopic (exact) mass is 804 g/mol. The van der Waals surface area contributed by atoms with Crippen molar-refractivity contribution in [3.05, 3.63) is 194 Å². The number of hydrogen-bond acceptors (Lipinski definition) is 5. The normalized spacial score (nSPS) is 12.1. The SMILES string of the molecule is c1ccc2cc(-c3nc(-c4ccc5c(c4)oc4ccccc45)nc(-c4cc(-n5c6cc7ccccc7cc6c6c7ccccc7ccc65)c5c(c4)oc4ccccc45)n3)ccc2c1. The van der Waals surface area contributed by atoms with Crippen molar-refractivity contribution >= 4 is 98.0 Å². The molecule has 0 saturated carbocycles. The van der Waals surface area contributed by atoms with Gasteiger partial charge in [-0.1, -0.05) is 133 Å². The van der Waals surface area contributed by atoms with E-state index < -0.39 is 0 Å². The summed E-state index contributed by atoms with van der Waals surface area (Å²) in [7, 11) is 0. The van der Waals surface area contributed by atoms with Gasteiger partial charge in [0.1, 0.15) is 22.3 Å². The predicted molar refractivity (Wildman–Crippen MR) is 258 cm³/mol. The van der Waals surface area contributed by atoms with Crippen LogP contribution in [-0.4, -0.2) is 19.5 Å². The van der Waals surface area contributed by atoms with Gasteiger partial charge in [0, 0.05) is 43.6 Å². The third kappa shape index (κ3) is 5.15. The Kier molecular flexibility index (Phi) is 7.02. The van der Waals surface area contributed by atoms with Crippen LogP contribution in [0.3, 0.4) is 0 Å². The summed E-state index contributed by atoms with van der Waals surface area (Å²) < 4.78 is 15.6. The van der Waals surface area contributed by atoms with Gasteiger partial charge in [0.05, 0.1) is 22.1 Å². The van der Waals surface area contributed by atoms with Gasteiger partial charge in [-0.25, -0.2) is 15.0 Å². The number of rotatable bonds is 4. The molecule has 6 heteroatoms. The average molecular weight is 805 g/mol. The molecule has 0 N–H and O–H groups in total. The molecule has 0 spiro atoms. The molecule has 0 saturated heterocycles. The van der Waals surface area contributed by atoms with Crippen molar-refractivity contribution in [3.63, 3.8) is 0 Å². The summed E-state index contributed by atoms with van der Waals surface area (Å²) in [5.74, 6) is 1.66. The summed E-state index contributed by atoms with van der Waals surface area (Å²) in [4.78, 5) is 15.8. The Hall–Kier alpha value is -8.61. The zero-order chi connectivity index (χ0) is 41.2. The highest BCUT2D eigenvalue weighted by atomic mass is 16.3. The quantitative estimate of drug-likeness (QED) is 0.177. The molecular weight excluding hydrogens is 773 g/mol. The number of benzene rings is 10. The van der Waals surface area contributed by atoms with E-state index >= 15 is 0 Å². The van der Waals surface area contributed by atoms with Gasteiger partial charge in [-0.05, 0) is 93.0 Å². The second-order valence-corrected chi connectivity index (χ2v) is 16.4. The molecule has 0 aliphatic heterocycles. The van der Waals surface area contributed by atoms with Gasteiger partial charge >= 0.3 is 0 Å². The summed E-state index contributed by atoms with van der Waals surface area (Å²) in [5.41, 5.74) is 8.92. The van der Waals surface area contributed by atoms with Gasteiger partial charge in [-0.2, -0.15) is 0 Å². The van der Waals surface area contributed by atoms with Crippen molar-refractivity contribution in [1.82, 2.24) is 19.5 Å². The van der Waals surface area contributed by atoms with Gasteiger partial charge < -0.3 is 13.4 Å². The van der Waals surface area contributed by atoms with Crippen LogP contribution in [0.15, 0.2) is 203 Å². The van der Waals surface area contributed by atoms with Crippen LogP contribution in [0.2, 0.25) is 0 Å². The lowest BCUT2D eigenvalue weighted by atomic mass is 10.0. The van der Waals surface area contributed by atoms with Crippen LogP contribution in [0.25, 0.3) is 138 Å². The van der Waals surface area contributed by atoms with E-state index in [2.05, 4.69) is 162 Å². The predicted octanol–water partition coefficient (Wildman–Crippen LogP) is 15.2. The molecular formula is C57H32N4O2. The number of nitrogens with zero attached hydrogens (tertiary/aromatic N) is 4. The number of furan rings is 2. The van der Waals surface area contributed by atoms with E-state index in [-0.39, 0.29) is 0 Å². The fourth-order valence-electron chi connectivity index (χ4n) is 9.83. The second-order valence-electron chi connectivity index (χ2n) is 16.4. The summed E-state index contributed by atoms with van der Waals surface area (Å²) in [6.45, 7) is 0. The second kappa shape index (κ2) is 12.9. The molecule has 0 bridgehead atoms. The lowest BCUT2D eigenvalue weighted by Crippen LogP contribution is -2.01. The van der Waals surface area contributed by atoms with Crippen molar-refractivity contribution in [1.29, 1.82) is 0 Å². The van der Waals surface area contributed by atoms with Crippen molar-refractivity contribution < 1.29 is 8.83 Å². The Bertz CT molecular complexity index is 4230. The van der Waals surface area contributed by atoms with Crippen molar-refractivity contribution in [2.45, 2.75) is 0 Å². The molecule has 0 aliphatic carbocycles. The average Bonchev–Trinajstić information content (AvgIpc) is 4.02. The number of aromatic nitrogens is 4. The molecule has 14 rings (SSSR count). The molecule has 0 fully saturated rings. The third-order valence-electron chi connectivity index (χ3n) is 12.8. The molecule has 0 aliphatic rings. The summed E-state index contributed by atoms with van der Waals surface area (Å²) >= 11 is 0. The summed E-state index contributed by atoms with van der Waals surface area (Å²) in [6.07, 6.45) is 0. The van der Waals surface area contributed by atoms with Crippen LogP contribution < -0.4 is 0 Å². The van der Waals surface area contributed by atoms with Gasteiger partial charge in [-0.15, -0.1) is 0 Å². The van der Waals surface area contributed by atoms with Crippen LogP contribution in [0.5, 0.6) is 0 Å². The van der Waals surface area contributed by atoms with Crippen molar-refractivity contribution in [3.8, 4) is 39.9 Å². The zero-order valence-electron chi connectivity index (χ0n) is 33.6. The van der Waals surface area contributed by atoms with Gasteiger partial charge in [0.25, 0.3) is 0 Å². The van der Waals surface area contributed by atoms with E-state index in [9.17, 15) is 0 Å². The van der Waals surface area contributed by atoms with Gasteiger partial charge in [0.15, 0.2) is 17.5 Å². The molecule has 4 aromatic heterocycles. The Labute approximate surface area is 358 Å². The minimum Gasteiger partial charge on any atom is -0.456 e. The molecule has 0 amide bonds.